The van der Waals surface area contributed by atoms with Crippen LogP contribution in [-0.4, -0.2) is 6.26 Å². The highest BCUT2D eigenvalue weighted by Crippen LogP contribution is 2.30. The lowest BCUT2D eigenvalue weighted by Crippen LogP contribution is -2.15. The molecule has 2 rings (SSSR count). The molecule has 19 heavy (non-hydrogen) atoms. The fraction of sp³-hybridized carbons (Fsp3) is 0.143. The summed E-state index contributed by atoms with van der Waals surface area (Å²) in [6, 6.07) is 8.43. The topological polar surface area (TPSA) is 26.0 Å². The Bertz CT molecular complexity index is 601. The SMILES string of the molecule is CSc1ccccc1C(N)c1ccc(F)c(F)c1F. The van der Waals surface area contributed by atoms with Crippen LogP contribution in [-0.2, 0) is 0 Å². The Morgan fingerprint density at radius 1 is 0.947 bits per heavy atom. The quantitative estimate of drug-likeness (QED) is 0.683. The van der Waals surface area contributed by atoms with Gasteiger partial charge in [-0.05, 0) is 24.0 Å². The summed E-state index contributed by atoms with van der Waals surface area (Å²) in [6.07, 6.45) is 1.87. The molecule has 1 atom stereocenters. The van der Waals surface area contributed by atoms with E-state index in [2.05, 4.69) is 0 Å². The summed E-state index contributed by atoms with van der Waals surface area (Å²) in [7, 11) is 0. The largest absolute Gasteiger partial charge is 0.320 e. The van der Waals surface area contributed by atoms with E-state index in [0.29, 0.717) is 5.56 Å². The molecule has 0 aliphatic carbocycles. The molecule has 0 spiro atoms. The molecule has 0 saturated carbocycles. The molecule has 0 radical (unpaired) electrons. The lowest BCUT2D eigenvalue weighted by Gasteiger charge is -2.16. The van der Waals surface area contributed by atoms with Crippen molar-refractivity contribution >= 4 is 11.8 Å². The highest BCUT2D eigenvalue weighted by molar-refractivity contribution is 7.98. The maximum atomic E-state index is 13.7. The molecule has 100 valence electrons. The van der Waals surface area contributed by atoms with Crippen LogP contribution in [0.15, 0.2) is 41.3 Å². The van der Waals surface area contributed by atoms with E-state index in [1.807, 2.05) is 18.4 Å². The van der Waals surface area contributed by atoms with Crippen LogP contribution in [0.4, 0.5) is 13.2 Å². The molecule has 0 aromatic heterocycles. The molecular weight excluding hydrogens is 271 g/mol. The summed E-state index contributed by atoms with van der Waals surface area (Å²) in [6.45, 7) is 0. The molecule has 0 amide bonds. The minimum Gasteiger partial charge on any atom is -0.320 e. The number of nitrogens with two attached hydrogens (primary N) is 1. The average Bonchev–Trinajstić information content (AvgIpc) is 2.44. The van der Waals surface area contributed by atoms with Crippen molar-refractivity contribution in [1.82, 2.24) is 0 Å². The van der Waals surface area contributed by atoms with Gasteiger partial charge in [-0.15, -0.1) is 11.8 Å². The molecule has 2 aromatic carbocycles. The molecule has 0 bridgehead atoms. The van der Waals surface area contributed by atoms with Crippen LogP contribution in [0.1, 0.15) is 17.2 Å². The Morgan fingerprint density at radius 3 is 2.32 bits per heavy atom. The van der Waals surface area contributed by atoms with Gasteiger partial charge >= 0.3 is 0 Å². The second-order valence-electron chi connectivity index (χ2n) is 3.98. The van der Waals surface area contributed by atoms with E-state index < -0.39 is 23.5 Å². The van der Waals surface area contributed by atoms with Gasteiger partial charge in [-0.3, -0.25) is 0 Å². The molecule has 2 N–H and O–H groups in total. The van der Waals surface area contributed by atoms with Crippen LogP contribution in [0, 0.1) is 17.5 Å². The van der Waals surface area contributed by atoms with Crippen molar-refractivity contribution in [3.8, 4) is 0 Å². The number of thioether (sulfide) groups is 1. The predicted octanol–water partition coefficient (Wildman–Crippen LogP) is 3.87. The van der Waals surface area contributed by atoms with Gasteiger partial charge in [-0.1, -0.05) is 24.3 Å². The van der Waals surface area contributed by atoms with Crippen molar-refractivity contribution < 1.29 is 13.2 Å². The second kappa shape index (κ2) is 5.67. The van der Waals surface area contributed by atoms with Crippen LogP contribution < -0.4 is 5.73 Å². The van der Waals surface area contributed by atoms with Crippen LogP contribution in [0.3, 0.4) is 0 Å². The number of halogens is 3. The Labute approximate surface area is 113 Å². The molecule has 5 heteroatoms. The molecular formula is C14H12F3NS. The van der Waals surface area contributed by atoms with Crippen LogP contribution in [0.2, 0.25) is 0 Å². The normalized spacial score (nSPS) is 12.5. The lowest BCUT2D eigenvalue weighted by atomic mass is 9.99. The van der Waals surface area contributed by atoms with Gasteiger partial charge in [0.15, 0.2) is 17.5 Å². The third kappa shape index (κ3) is 2.62. The van der Waals surface area contributed by atoms with Crippen molar-refractivity contribution in [2.75, 3.05) is 6.26 Å². The highest BCUT2D eigenvalue weighted by Gasteiger charge is 2.20. The second-order valence-corrected chi connectivity index (χ2v) is 4.83. The van der Waals surface area contributed by atoms with E-state index in [1.165, 1.54) is 17.8 Å². The van der Waals surface area contributed by atoms with Gasteiger partial charge in [0, 0.05) is 10.5 Å². The molecule has 0 aliphatic rings. The molecule has 1 nitrogen and oxygen atoms in total. The molecule has 1 unspecified atom stereocenters. The number of rotatable bonds is 3. The zero-order chi connectivity index (χ0) is 14.0. The zero-order valence-corrected chi connectivity index (χ0v) is 11.0. The van der Waals surface area contributed by atoms with Gasteiger partial charge in [0.05, 0.1) is 6.04 Å². The van der Waals surface area contributed by atoms with Crippen LogP contribution in [0.25, 0.3) is 0 Å². The number of hydrogen-bond donors (Lipinski definition) is 1. The first kappa shape index (κ1) is 14.0. The number of benzene rings is 2. The van der Waals surface area contributed by atoms with Gasteiger partial charge in [0.25, 0.3) is 0 Å². The van der Waals surface area contributed by atoms with E-state index >= 15 is 0 Å². The van der Waals surface area contributed by atoms with Crippen molar-refractivity contribution in [2.24, 2.45) is 5.73 Å². The fourth-order valence-electron chi connectivity index (χ4n) is 1.87. The summed E-state index contributed by atoms with van der Waals surface area (Å²) in [5, 5.41) is 0. The first-order valence-electron chi connectivity index (χ1n) is 5.58. The Balaban J connectivity index is 2.50. The van der Waals surface area contributed by atoms with E-state index in [4.69, 9.17) is 5.73 Å². The summed E-state index contributed by atoms with van der Waals surface area (Å²) in [5.41, 5.74) is 6.60. The van der Waals surface area contributed by atoms with Gasteiger partial charge in [0.2, 0.25) is 0 Å². The third-order valence-electron chi connectivity index (χ3n) is 2.87. The van der Waals surface area contributed by atoms with E-state index in [1.54, 1.807) is 12.1 Å². The highest BCUT2D eigenvalue weighted by atomic mass is 32.2. The van der Waals surface area contributed by atoms with Gasteiger partial charge in [-0.25, -0.2) is 13.2 Å². The molecule has 0 aliphatic heterocycles. The van der Waals surface area contributed by atoms with Crippen molar-refractivity contribution in [3.63, 3.8) is 0 Å². The van der Waals surface area contributed by atoms with Gasteiger partial charge in [-0.2, -0.15) is 0 Å². The first-order valence-corrected chi connectivity index (χ1v) is 6.80. The standard InChI is InChI=1S/C14H12F3NS/c1-19-11-5-3-2-4-8(11)14(18)9-6-7-10(15)13(17)12(9)16/h2-7,14H,18H2,1H3. The van der Waals surface area contributed by atoms with Gasteiger partial charge in [0.1, 0.15) is 0 Å². The fourth-order valence-corrected chi connectivity index (χ4v) is 2.52. The smallest absolute Gasteiger partial charge is 0.194 e. The van der Waals surface area contributed by atoms with Crippen LogP contribution in [0.5, 0.6) is 0 Å². The van der Waals surface area contributed by atoms with Crippen molar-refractivity contribution in [1.29, 1.82) is 0 Å². The summed E-state index contributed by atoms with van der Waals surface area (Å²) in [4.78, 5) is 0.874. The van der Waals surface area contributed by atoms with Crippen molar-refractivity contribution in [3.05, 3.63) is 65.0 Å². The predicted molar refractivity (Wildman–Crippen MR) is 70.6 cm³/mol. The maximum absolute atomic E-state index is 13.7. The Hall–Kier alpha value is -1.46. The van der Waals surface area contributed by atoms with Gasteiger partial charge < -0.3 is 5.73 Å². The maximum Gasteiger partial charge on any atom is 0.194 e. The van der Waals surface area contributed by atoms with E-state index in [-0.39, 0.29) is 5.56 Å². The molecule has 2 aromatic rings. The van der Waals surface area contributed by atoms with Crippen molar-refractivity contribution in [2.45, 2.75) is 10.9 Å². The Kier molecular flexibility index (Phi) is 4.17. The zero-order valence-electron chi connectivity index (χ0n) is 10.2. The summed E-state index contributed by atoms with van der Waals surface area (Å²) in [5.74, 6) is -3.94. The summed E-state index contributed by atoms with van der Waals surface area (Å²) < 4.78 is 39.9. The van der Waals surface area contributed by atoms with Crippen LogP contribution >= 0.6 is 11.8 Å². The average molecular weight is 283 g/mol. The molecule has 0 heterocycles. The number of hydrogen-bond acceptors (Lipinski definition) is 2. The monoisotopic (exact) mass is 283 g/mol. The summed E-state index contributed by atoms with van der Waals surface area (Å²) >= 11 is 1.46. The third-order valence-corrected chi connectivity index (χ3v) is 3.69. The van der Waals surface area contributed by atoms with E-state index in [0.717, 1.165) is 11.0 Å². The molecule has 0 fully saturated rings. The first-order chi connectivity index (χ1) is 9.06. The minimum absolute atomic E-state index is 0.0552. The van der Waals surface area contributed by atoms with E-state index in [9.17, 15) is 13.2 Å². The molecule has 0 saturated heterocycles. The lowest BCUT2D eigenvalue weighted by molar-refractivity contribution is 0.438. The Morgan fingerprint density at radius 2 is 1.63 bits per heavy atom. The minimum atomic E-state index is -1.49.